The van der Waals surface area contributed by atoms with Crippen LogP contribution in [0.3, 0.4) is 0 Å². The van der Waals surface area contributed by atoms with Crippen LogP contribution in [0.5, 0.6) is 11.5 Å². The fourth-order valence-corrected chi connectivity index (χ4v) is 5.53. The van der Waals surface area contributed by atoms with Gasteiger partial charge in [-0.3, -0.25) is 4.79 Å². The molecule has 2 aromatic rings. The fraction of sp³-hybridized carbons (Fsp3) is 0.280. The van der Waals surface area contributed by atoms with Gasteiger partial charge in [-0.2, -0.15) is 0 Å². The van der Waals surface area contributed by atoms with Crippen molar-refractivity contribution in [1.29, 1.82) is 0 Å². The molecule has 170 valence electrons. The number of halogens is 2. The highest BCUT2D eigenvalue weighted by molar-refractivity contribution is 9.10. The number of ether oxygens (including phenoxy) is 3. The third kappa shape index (κ3) is 3.83. The number of carbonyl (C=O) groups is 2. The second-order valence-corrected chi connectivity index (χ2v) is 9.58. The lowest BCUT2D eigenvalue weighted by Crippen LogP contribution is -2.36. The average molecular weight is 531 g/mol. The molecular formula is C25H21BrClNO5. The summed E-state index contributed by atoms with van der Waals surface area (Å²) in [5.41, 5.74) is 4.30. The number of ketones is 1. The Morgan fingerprint density at radius 1 is 1.15 bits per heavy atom. The SMILES string of the molecule is COC(=O)C1=C(C)NC2=C(C(=O)CC(c3ccc(Cl)cc3)C2)C1c1cc2c(cc1Br)OCO2. The summed E-state index contributed by atoms with van der Waals surface area (Å²) in [6.45, 7) is 1.96. The van der Waals surface area contributed by atoms with E-state index >= 15 is 0 Å². The van der Waals surface area contributed by atoms with Crippen molar-refractivity contribution in [1.82, 2.24) is 5.32 Å². The molecule has 0 fully saturated rings. The number of rotatable bonds is 3. The lowest BCUT2D eigenvalue weighted by Gasteiger charge is -2.37. The predicted octanol–water partition coefficient (Wildman–Crippen LogP) is 5.37. The van der Waals surface area contributed by atoms with Crippen molar-refractivity contribution in [3.8, 4) is 11.5 Å². The first kappa shape index (κ1) is 22.0. The summed E-state index contributed by atoms with van der Waals surface area (Å²) in [5.74, 6) is 0.149. The molecule has 6 nitrogen and oxygen atoms in total. The molecule has 2 aromatic carbocycles. The van der Waals surface area contributed by atoms with Crippen LogP contribution in [0.4, 0.5) is 0 Å². The van der Waals surface area contributed by atoms with Crippen LogP contribution in [0.1, 0.15) is 42.7 Å². The van der Waals surface area contributed by atoms with Crippen LogP contribution in [0.15, 0.2) is 63.4 Å². The topological polar surface area (TPSA) is 73.9 Å². The summed E-state index contributed by atoms with van der Waals surface area (Å²) in [6.07, 6.45) is 0.988. The van der Waals surface area contributed by atoms with Crippen molar-refractivity contribution in [2.24, 2.45) is 0 Å². The third-order valence-corrected chi connectivity index (χ3v) is 7.32. The Balaban J connectivity index is 1.63. The van der Waals surface area contributed by atoms with E-state index in [4.69, 9.17) is 25.8 Å². The molecule has 5 rings (SSSR count). The summed E-state index contributed by atoms with van der Waals surface area (Å²) in [6, 6.07) is 11.3. The second kappa shape index (κ2) is 8.54. The molecule has 0 radical (unpaired) electrons. The molecule has 0 bridgehead atoms. The van der Waals surface area contributed by atoms with E-state index in [2.05, 4.69) is 21.2 Å². The number of methoxy groups -OCH3 is 1. The summed E-state index contributed by atoms with van der Waals surface area (Å²) in [7, 11) is 1.34. The number of fused-ring (bicyclic) bond motifs is 1. The van der Waals surface area contributed by atoms with E-state index in [0.29, 0.717) is 46.2 Å². The molecule has 0 amide bonds. The quantitative estimate of drug-likeness (QED) is 0.538. The zero-order valence-corrected chi connectivity index (χ0v) is 20.4. The first-order valence-electron chi connectivity index (χ1n) is 10.5. The van der Waals surface area contributed by atoms with Crippen molar-refractivity contribution in [2.45, 2.75) is 31.6 Å². The molecule has 2 heterocycles. The van der Waals surface area contributed by atoms with Gasteiger partial charge in [-0.15, -0.1) is 0 Å². The highest BCUT2D eigenvalue weighted by Gasteiger charge is 2.42. The lowest BCUT2D eigenvalue weighted by molar-refractivity contribution is -0.136. The minimum Gasteiger partial charge on any atom is -0.466 e. The maximum Gasteiger partial charge on any atom is 0.336 e. The fourth-order valence-electron chi connectivity index (χ4n) is 4.86. The maximum absolute atomic E-state index is 13.6. The van der Waals surface area contributed by atoms with Gasteiger partial charge in [-0.1, -0.05) is 39.7 Å². The molecule has 1 N–H and O–H groups in total. The Labute approximate surface area is 204 Å². The molecule has 0 spiro atoms. The van der Waals surface area contributed by atoms with Crippen molar-refractivity contribution in [3.63, 3.8) is 0 Å². The number of allylic oxidation sites excluding steroid dienone is 3. The third-order valence-electron chi connectivity index (χ3n) is 6.38. The number of Topliss-reactive ketones (excluding diaryl/α,β-unsaturated/α-hetero) is 1. The standard InChI is InChI=1S/C25H21BrClNO5/c1-12-22(25(30)31-2)23(16-9-20-21(10-17(16)26)33-11-32-20)24-18(28-12)7-14(8-19(24)29)13-3-5-15(27)6-4-13/h3-6,9-10,14,23,28H,7-8,11H2,1-2H3. The van der Waals surface area contributed by atoms with E-state index in [-0.39, 0.29) is 18.5 Å². The van der Waals surface area contributed by atoms with Gasteiger partial charge in [0.15, 0.2) is 17.3 Å². The molecule has 1 aliphatic carbocycles. The van der Waals surface area contributed by atoms with Gasteiger partial charge < -0.3 is 19.5 Å². The molecule has 0 saturated heterocycles. The predicted molar refractivity (Wildman–Crippen MR) is 126 cm³/mol. The minimum atomic E-state index is -0.587. The molecular weight excluding hydrogens is 510 g/mol. The number of dihydropyridines is 1. The van der Waals surface area contributed by atoms with Crippen molar-refractivity contribution in [2.75, 3.05) is 13.9 Å². The van der Waals surface area contributed by atoms with Gasteiger partial charge in [0.1, 0.15) is 0 Å². The van der Waals surface area contributed by atoms with Gasteiger partial charge in [-0.25, -0.2) is 4.79 Å². The molecule has 2 unspecified atom stereocenters. The van der Waals surface area contributed by atoms with Crippen LogP contribution in [0, 0.1) is 0 Å². The average Bonchev–Trinajstić information content (AvgIpc) is 3.24. The Hall–Kier alpha value is -2.77. The largest absolute Gasteiger partial charge is 0.466 e. The minimum absolute atomic E-state index is 0.00725. The van der Waals surface area contributed by atoms with E-state index in [1.54, 1.807) is 0 Å². The van der Waals surface area contributed by atoms with Gasteiger partial charge in [-0.05, 0) is 54.7 Å². The first-order chi connectivity index (χ1) is 15.9. The Morgan fingerprint density at radius 3 is 2.55 bits per heavy atom. The van der Waals surface area contributed by atoms with E-state index < -0.39 is 11.9 Å². The van der Waals surface area contributed by atoms with Crippen LogP contribution in [-0.2, 0) is 14.3 Å². The molecule has 2 aliphatic heterocycles. The van der Waals surface area contributed by atoms with Gasteiger partial charge in [0.25, 0.3) is 0 Å². The van der Waals surface area contributed by atoms with E-state index in [1.807, 2.05) is 43.3 Å². The Kier molecular flexibility index (Phi) is 5.70. The normalized spacial score (nSPS) is 21.6. The summed E-state index contributed by atoms with van der Waals surface area (Å²) in [4.78, 5) is 26.5. The van der Waals surface area contributed by atoms with Crippen LogP contribution in [0.25, 0.3) is 0 Å². The molecule has 0 aromatic heterocycles. The van der Waals surface area contributed by atoms with Crippen LogP contribution in [0.2, 0.25) is 5.02 Å². The monoisotopic (exact) mass is 529 g/mol. The second-order valence-electron chi connectivity index (χ2n) is 8.29. The summed E-state index contributed by atoms with van der Waals surface area (Å²) in [5, 5.41) is 4.00. The van der Waals surface area contributed by atoms with Crippen molar-refractivity contribution < 1.29 is 23.8 Å². The molecule has 3 aliphatic rings. The van der Waals surface area contributed by atoms with Crippen LogP contribution < -0.4 is 14.8 Å². The number of esters is 1. The van der Waals surface area contributed by atoms with Crippen LogP contribution in [-0.4, -0.2) is 25.7 Å². The highest BCUT2D eigenvalue weighted by atomic mass is 79.9. The summed E-state index contributed by atoms with van der Waals surface area (Å²) >= 11 is 9.67. The first-order valence-corrected chi connectivity index (χ1v) is 11.7. The number of hydrogen-bond acceptors (Lipinski definition) is 6. The van der Waals surface area contributed by atoms with Crippen LogP contribution >= 0.6 is 27.5 Å². The van der Waals surface area contributed by atoms with E-state index in [0.717, 1.165) is 21.3 Å². The number of benzene rings is 2. The number of nitrogens with one attached hydrogen (secondary N) is 1. The Morgan fingerprint density at radius 2 is 1.85 bits per heavy atom. The van der Waals surface area contributed by atoms with Gasteiger partial charge in [0, 0.05) is 38.8 Å². The van der Waals surface area contributed by atoms with Crippen molar-refractivity contribution in [3.05, 3.63) is 79.6 Å². The molecule has 33 heavy (non-hydrogen) atoms. The van der Waals surface area contributed by atoms with E-state index in [9.17, 15) is 9.59 Å². The van der Waals surface area contributed by atoms with Gasteiger partial charge >= 0.3 is 5.97 Å². The molecule has 0 saturated carbocycles. The number of hydrogen-bond donors (Lipinski definition) is 1. The zero-order valence-electron chi connectivity index (χ0n) is 18.0. The summed E-state index contributed by atoms with van der Waals surface area (Å²) < 4.78 is 16.9. The molecule has 8 heteroatoms. The number of carbonyl (C=O) groups excluding carboxylic acids is 2. The smallest absolute Gasteiger partial charge is 0.336 e. The van der Waals surface area contributed by atoms with Gasteiger partial charge in [0.2, 0.25) is 6.79 Å². The maximum atomic E-state index is 13.6. The zero-order chi connectivity index (χ0) is 23.3. The van der Waals surface area contributed by atoms with Gasteiger partial charge in [0.05, 0.1) is 12.7 Å². The highest BCUT2D eigenvalue weighted by Crippen LogP contribution is 2.49. The lowest BCUT2D eigenvalue weighted by atomic mass is 9.71. The Bertz CT molecular complexity index is 1230. The van der Waals surface area contributed by atoms with Crippen molar-refractivity contribution >= 4 is 39.3 Å². The molecule has 2 atom stereocenters. The van der Waals surface area contributed by atoms with E-state index in [1.165, 1.54) is 7.11 Å².